The normalized spacial score (nSPS) is 11.1. The van der Waals surface area contributed by atoms with Crippen molar-refractivity contribution in [3.63, 3.8) is 0 Å². The number of methoxy groups -OCH3 is 1. The van der Waals surface area contributed by atoms with Gasteiger partial charge in [-0.1, -0.05) is 0 Å². The molecule has 0 saturated carbocycles. The number of rotatable bonds is 6. The van der Waals surface area contributed by atoms with E-state index in [0.717, 1.165) is 12.1 Å². The van der Waals surface area contributed by atoms with E-state index < -0.39 is 4.92 Å². The third-order valence-corrected chi connectivity index (χ3v) is 2.48. The summed E-state index contributed by atoms with van der Waals surface area (Å²) < 4.78 is 5.12. The Labute approximate surface area is 106 Å². The van der Waals surface area contributed by atoms with Crippen molar-refractivity contribution in [1.82, 2.24) is 0 Å². The van der Waals surface area contributed by atoms with Gasteiger partial charge < -0.3 is 15.8 Å². The van der Waals surface area contributed by atoms with Crippen LogP contribution in [0.15, 0.2) is 18.2 Å². The molecule has 0 aliphatic heterocycles. The molecule has 18 heavy (non-hydrogen) atoms. The molecule has 0 saturated heterocycles. The van der Waals surface area contributed by atoms with Crippen LogP contribution in [0.1, 0.15) is 20.3 Å². The molecule has 100 valence electrons. The molecule has 1 aromatic carbocycles. The van der Waals surface area contributed by atoms with Crippen LogP contribution in [0.25, 0.3) is 0 Å². The highest BCUT2D eigenvalue weighted by Gasteiger charge is 2.13. The molecule has 0 unspecified atom stereocenters. The van der Waals surface area contributed by atoms with Gasteiger partial charge in [0.2, 0.25) is 0 Å². The lowest BCUT2D eigenvalue weighted by Gasteiger charge is -2.19. The van der Waals surface area contributed by atoms with Gasteiger partial charge in [0, 0.05) is 18.2 Å². The van der Waals surface area contributed by atoms with Crippen molar-refractivity contribution in [2.45, 2.75) is 25.8 Å². The van der Waals surface area contributed by atoms with Crippen molar-refractivity contribution in [3.05, 3.63) is 28.3 Å². The predicted molar refractivity (Wildman–Crippen MR) is 71.0 cm³/mol. The summed E-state index contributed by atoms with van der Waals surface area (Å²) in [5, 5.41) is 13.8. The first-order chi connectivity index (χ1) is 8.33. The van der Waals surface area contributed by atoms with Gasteiger partial charge in [-0.15, -0.1) is 0 Å². The summed E-state index contributed by atoms with van der Waals surface area (Å²) in [6.07, 6.45) is 0.785. The number of hydrogen-bond acceptors (Lipinski definition) is 5. The van der Waals surface area contributed by atoms with Gasteiger partial charge in [-0.2, -0.15) is 0 Å². The van der Waals surface area contributed by atoms with E-state index in [0.29, 0.717) is 12.3 Å². The van der Waals surface area contributed by atoms with Crippen LogP contribution in [0, 0.1) is 10.1 Å². The summed E-state index contributed by atoms with van der Waals surface area (Å²) in [4.78, 5) is 10.2. The Hall–Kier alpha value is -1.82. The van der Waals surface area contributed by atoms with Crippen molar-refractivity contribution in [1.29, 1.82) is 0 Å². The number of non-ortho nitro benzene ring substituents is 1. The van der Waals surface area contributed by atoms with E-state index in [1.165, 1.54) is 19.2 Å². The van der Waals surface area contributed by atoms with Crippen LogP contribution in [-0.2, 0) is 0 Å². The van der Waals surface area contributed by atoms with Crippen LogP contribution >= 0.6 is 0 Å². The Morgan fingerprint density at radius 3 is 2.67 bits per heavy atom. The van der Waals surface area contributed by atoms with E-state index in [1.54, 1.807) is 6.07 Å². The molecule has 0 atom stereocenters. The number of hydrogen-bond donors (Lipinski definition) is 2. The first-order valence-corrected chi connectivity index (χ1v) is 5.68. The van der Waals surface area contributed by atoms with E-state index in [2.05, 4.69) is 5.32 Å². The molecule has 0 aliphatic rings. The molecule has 6 heteroatoms. The van der Waals surface area contributed by atoms with Gasteiger partial charge in [0.1, 0.15) is 5.75 Å². The number of ether oxygens (including phenoxy) is 1. The first kappa shape index (κ1) is 14.2. The number of nitrogens with one attached hydrogen (secondary N) is 1. The zero-order valence-corrected chi connectivity index (χ0v) is 10.9. The molecule has 6 nitrogen and oxygen atoms in total. The maximum atomic E-state index is 10.6. The molecule has 0 heterocycles. The number of benzene rings is 1. The topological polar surface area (TPSA) is 90.4 Å². The minimum Gasteiger partial charge on any atom is -0.494 e. The summed E-state index contributed by atoms with van der Waals surface area (Å²) in [5.41, 5.74) is 6.36. The molecule has 1 aromatic rings. The van der Waals surface area contributed by atoms with E-state index in [9.17, 15) is 10.1 Å². The molecule has 0 bridgehead atoms. The fourth-order valence-electron chi connectivity index (χ4n) is 1.46. The Balaban J connectivity index is 2.74. The largest absolute Gasteiger partial charge is 0.494 e. The minimum absolute atomic E-state index is 0.0107. The van der Waals surface area contributed by atoms with E-state index in [4.69, 9.17) is 10.5 Å². The summed E-state index contributed by atoms with van der Waals surface area (Å²) in [7, 11) is 1.48. The predicted octanol–water partition coefficient (Wildman–Crippen LogP) is 2.14. The van der Waals surface area contributed by atoms with Crippen LogP contribution in [0.2, 0.25) is 0 Å². The van der Waals surface area contributed by atoms with Crippen molar-refractivity contribution < 1.29 is 9.66 Å². The number of nitro groups is 1. The van der Waals surface area contributed by atoms with Gasteiger partial charge in [-0.05, 0) is 26.3 Å². The number of nitro benzene ring substituents is 1. The van der Waals surface area contributed by atoms with Crippen molar-refractivity contribution in [2.24, 2.45) is 5.73 Å². The van der Waals surface area contributed by atoms with Gasteiger partial charge in [-0.3, -0.25) is 10.1 Å². The lowest BCUT2D eigenvalue weighted by atomic mass is 10.0. The molecule has 0 radical (unpaired) electrons. The quantitative estimate of drug-likeness (QED) is 0.598. The van der Waals surface area contributed by atoms with Gasteiger partial charge in [0.05, 0.1) is 23.8 Å². The van der Waals surface area contributed by atoms with Crippen molar-refractivity contribution in [2.75, 3.05) is 19.0 Å². The highest BCUT2D eigenvalue weighted by molar-refractivity contribution is 5.60. The Morgan fingerprint density at radius 2 is 2.17 bits per heavy atom. The van der Waals surface area contributed by atoms with Gasteiger partial charge in [0.15, 0.2) is 0 Å². The lowest BCUT2D eigenvalue weighted by Crippen LogP contribution is -2.34. The maximum absolute atomic E-state index is 10.6. The molecule has 0 aliphatic carbocycles. The number of nitrogens with two attached hydrogens (primary N) is 1. The zero-order valence-electron chi connectivity index (χ0n) is 10.9. The minimum atomic E-state index is -0.449. The Kier molecular flexibility index (Phi) is 4.49. The van der Waals surface area contributed by atoms with E-state index in [-0.39, 0.29) is 11.2 Å². The molecule has 1 rings (SSSR count). The van der Waals surface area contributed by atoms with E-state index in [1.807, 2.05) is 13.8 Å². The molecule has 0 spiro atoms. The fourth-order valence-corrected chi connectivity index (χ4v) is 1.46. The summed E-state index contributed by atoms with van der Waals surface area (Å²) in [5.74, 6) is 0.457. The second-order valence-corrected chi connectivity index (χ2v) is 4.81. The third-order valence-electron chi connectivity index (χ3n) is 2.48. The van der Waals surface area contributed by atoms with Crippen LogP contribution < -0.4 is 15.8 Å². The van der Waals surface area contributed by atoms with E-state index >= 15 is 0 Å². The summed E-state index contributed by atoms with van der Waals surface area (Å²) >= 11 is 0. The second-order valence-electron chi connectivity index (χ2n) is 4.81. The standard InChI is InChI=1S/C12H19N3O3/c1-12(2,13)6-7-14-10-5-4-9(15(16)17)8-11(10)18-3/h4-5,8,14H,6-7,13H2,1-3H3. The van der Waals surface area contributed by atoms with Crippen LogP contribution in [0.5, 0.6) is 5.75 Å². The van der Waals surface area contributed by atoms with Gasteiger partial charge in [0.25, 0.3) is 5.69 Å². The highest BCUT2D eigenvalue weighted by Crippen LogP contribution is 2.29. The number of anilines is 1. The molecule has 0 amide bonds. The second kappa shape index (κ2) is 5.68. The number of nitrogens with zero attached hydrogens (tertiary/aromatic N) is 1. The molecular formula is C12H19N3O3. The zero-order chi connectivity index (χ0) is 13.8. The average Bonchev–Trinajstić information content (AvgIpc) is 2.27. The van der Waals surface area contributed by atoms with Crippen LogP contribution in [0.4, 0.5) is 11.4 Å². The molecule has 0 fully saturated rings. The average molecular weight is 253 g/mol. The monoisotopic (exact) mass is 253 g/mol. The Morgan fingerprint density at radius 1 is 1.50 bits per heavy atom. The maximum Gasteiger partial charge on any atom is 0.273 e. The molecule has 3 N–H and O–H groups in total. The van der Waals surface area contributed by atoms with Crippen molar-refractivity contribution in [3.8, 4) is 5.75 Å². The van der Waals surface area contributed by atoms with Crippen LogP contribution in [-0.4, -0.2) is 24.1 Å². The Bertz CT molecular complexity index is 427. The summed E-state index contributed by atoms with van der Waals surface area (Å²) in [6.45, 7) is 4.57. The summed E-state index contributed by atoms with van der Waals surface area (Å²) in [6, 6.07) is 4.48. The SMILES string of the molecule is COc1cc([N+](=O)[O-])ccc1NCCC(C)(C)N. The van der Waals surface area contributed by atoms with Gasteiger partial charge >= 0.3 is 0 Å². The van der Waals surface area contributed by atoms with Crippen molar-refractivity contribution >= 4 is 11.4 Å². The third kappa shape index (κ3) is 4.21. The molecular weight excluding hydrogens is 234 g/mol. The van der Waals surface area contributed by atoms with Gasteiger partial charge in [-0.25, -0.2) is 0 Å². The highest BCUT2D eigenvalue weighted by atomic mass is 16.6. The van der Waals surface area contributed by atoms with Crippen LogP contribution in [0.3, 0.4) is 0 Å². The lowest BCUT2D eigenvalue weighted by molar-refractivity contribution is -0.384. The molecule has 0 aromatic heterocycles. The fraction of sp³-hybridized carbons (Fsp3) is 0.500. The first-order valence-electron chi connectivity index (χ1n) is 5.68. The smallest absolute Gasteiger partial charge is 0.273 e.